The summed E-state index contributed by atoms with van der Waals surface area (Å²) in [6, 6.07) is 0.266. The van der Waals surface area contributed by atoms with Gasteiger partial charge >= 0.3 is 0 Å². The molecule has 1 aromatic rings. The Hall–Kier alpha value is -1.09. The van der Waals surface area contributed by atoms with Crippen LogP contribution in [0, 0.1) is 0 Å². The van der Waals surface area contributed by atoms with Crippen molar-refractivity contribution in [3.8, 4) is 0 Å². The summed E-state index contributed by atoms with van der Waals surface area (Å²) in [5, 5.41) is 12.2. The predicted octanol–water partition coefficient (Wildman–Crippen LogP) is 0.886. The lowest BCUT2D eigenvalue weighted by molar-refractivity contribution is -0.119. The highest BCUT2D eigenvalue weighted by atomic mass is 32.2. The quantitative estimate of drug-likeness (QED) is 0.761. The van der Waals surface area contributed by atoms with E-state index in [0.29, 0.717) is 18.4 Å². The first-order valence-corrected chi connectivity index (χ1v) is 10.9. The van der Waals surface area contributed by atoms with Crippen LogP contribution in [0.2, 0.25) is 0 Å². The van der Waals surface area contributed by atoms with Crippen molar-refractivity contribution in [2.45, 2.75) is 55.3 Å². The third-order valence-electron chi connectivity index (χ3n) is 4.48. The highest BCUT2D eigenvalue weighted by Crippen LogP contribution is 2.45. The number of rotatable bonds is 6. The van der Waals surface area contributed by atoms with Gasteiger partial charge in [0.15, 0.2) is 15.0 Å². The first-order valence-electron chi connectivity index (χ1n) is 8.09. The molecule has 1 aromatic heterocycles. The van der Waals surface area contributed by atoms with E-state index < -0.39 is 9.84 Å². The van der Waals surface area contributed by atoms with Gasteiger partial charge < -0.3 is 9.88 Å². The van der Waals surface area contributed by atoms with E-state index in [1.807, 2.05) is 0 Å². The maximum Gasteiger partial charge on any atom is 0.230 e. The number of nitrogens with zero attached hydrogens (tertiary/aromatic N) is 3. The summed E-state index contributed by atoms with van der Waals surface area (Å²) in [4.78, 5) is 12.0. The lowest BCUT2D eigenvalue weighted by Gasteiger charge is -2.11. The Labute approximate surface area is 139 Å². The first kappa shape index (κ1) is 15.4. The maximum absolute atomic E-state index is 12.0. The highest BCUT2D eigenvalue weighted by molar-refractivity contribution is 7.99. The number of hydrogen-bond donors (Lipinski definition) is 1. The molecule has 1 atom stereocenters. The Kier molecular flexibility index (Phi) is 3.87. The van der Waals surface area contributed by atoms with Crippen molar-refractivity contribution in [1.82, 2.24) is 20.1 Å². The first-order chi connectivity index (χ1) is 11.0. The highest BCUT2D eigenvalue weighted by Gasteiger charge is 2.36. The van der Waals surface area contributed by atoms with Gasteiger partial charge in [-0.2, -0.15) is 0 Å². The third-order valence-corrected chi connectivity index (χ3v) is 7.19. The SMILES string of the molecule is O=C(CSc1nnc(C2CC2)n1C1CC1)N[C@@H]1CCS(=O)(=O)C1. The maximum atomic E-state index is 12.0. The summed E-state index contributed by atoms with van der Waals surface area (Å²) < 4.78 is 25.1. The van der Waals surface area contributed by atoms with Crippen molar-refractivity contribution in [3.63, 3.8) is 0 Å². The number of hydrogen-bond acceptors (Lipinski definition) is 6. The van der Waals surface area contributed by atoms with E-state index in [9.17, 15) is 13.2 Å². The molecule has 0 aromatic carbocycles. The normalized spacial score (nSPS) is 26.3. The van der Waals surface area contributed by atoms with Crippen LogP contribution in [0.1, 0.15) is 49.9 Å². The van der Waals surface area contributed by atoms with E-state index >= 15 is 0 Å². The fourth-order valence-corrected chi connectivity index (χ4v) is 5.49. The molecule has 3 aliphatic rings. The molecule has 0 spiro atoms. The topological polar surface area (TPSA) is 93.9 Å². The fraction of sp³-hybridized carbons (Fsp3) is 0.786. The molecule has 126 valence electrons. The van der Waals surface area contributed by atoms with E-state index in [1.54, 1.807) is 0 Å². The second-order valence-electron chi connectivity index (χ2n) is 6.67. The number of nitrogens with one attached hydrogen (secondary N) is 1. The van der Waals surface area contributed by atoms with E-state index in [0.717, 1.165) is 23.8 Å². The Morgan fingerprint density at radius 1 is 1.22 bits per heavy atom. The second-order valence-corrected chi connectivity index (χ2v) is 9.84. The third kappa shape index (κ3) is 3.55. The largest absolute Gasteiger partial charge is 0.352 e. The molecule has 1 saturated heterocycles. The van der Waals surface area contributed by atoms with Gasteiger partial charge in [0.05, 0.1) is 17.3 Å². The van der Waals surface area contributed by atoms with Gasteiger partial charge in [-0.1, -0.05) is 11.8 Å². The van der Waals surface area contributed by atoms with Gasteiger partial charge in [-0.25, -0.2) is 8.42 Å². The molecule has 4 rings (SSSR count). The minimum absolute atomic E-state index is 0.0630. The minimum atomic E-state index is -2.97. The monoisotopic (exact) mass is 356 g/mol. The second kappa shape index (κ2) is 5.77. The van der Waals surface area contributed by atoms with Gasteiger partial charge in [0.25, 0.3) is 0 Å². The molecule has 23 heavy (non-hydrogen) atoms. The van der Waals surface area contributed by atoms with Gasteiger partial charge in [-0.05, 0) is 32.1 Å². The summed E-state index contributed by atoms with van der Waals surface area (Å²) >= 11 is 1.40. The van der Waals surface area contributed by atoms with Crippen molar-refractivity contribution in [1.29, 1.82) is 0 Å². The molecular formula is C14H20N4O3S2. The number of thioether (sulfide) groups is 1. The molecule has 1 amide bonds. The summed E-state index contributed by atoms with van der Waals surface area (Å²) in [6.45, 7) is 0. The fourth-order valence-electron chi connectivity index (χ4n) is 2.99. The average molecular weight is 356 g/mol. The van der Waals surface area contributed by atoms with Crippen LogP contribution in [0.25, 0.3) is 0 Å². The van der Waals surface area contributed by atoms with Crippen LogP contribution in [-0.2, 0) is 14.6 Å². The van der Waals surface area contributed by atoms with Gasteiger partial charge in [0.1, 0.15) is 5.82 Å². The minimum Gasteiger partial charge on any atom is -0.352 e. The van der Waals surface area contributed by atoms with E-state index in [2.05, 4.69) is 20.1 Å². The zero-order valence-electron chi connectivity index (χ0n) is 12.8. The van der Waals surface area contributed by atoms with Gasteiger partial charge in [0.2, 0.25) is 5.91 Å². The predicted molar refractivity (Wildman–Crippen MR) is 86.2 cm³/mol. The zero-order chi connectivity index (χ0) is 16.0. The molecular weight excluding hydrogens is 336 g/mol. The molecule has 2 saturated carbocycles. The summed E-state index contributed by atoms with van der Waals surface area (Å²) in [7, 11) is -2.97. The van der Waals surface area contributed by atoms with E-state index in [1.165, 1.54) is 24.6 Å². The molecule has 0 radical (unpaired) electrons. The van der Waals surface area contributed by atoms with Crippen LogP contribution in [-0.4, -0.2) is 52.4 Å². The molecule has 7 nitrogen and oxygen atoms in total. The zero-order valence-corrected chi connectivity index (χ0v) is 14.4. The van der Waals surface area contributed by atoms with Gasteiger partial charge in [-0.15, -0.1) is 10.2 Å². The summed E-state index contributed by atoms with van der Waals surface area (Å²) in [5.74, 6) is 1.99. The Morgan fingerprint density at radius 3 is 2.61 bits per heavy atom. The molecule has 9 heteroatoms. The molecule has 3 fully saturated rings. The molecule has 0 bridgehead atoms. The standard InChI is InChI=1S/C14H20N4O3S2/c19-12(15-10-5-6-23(20,21)8-10)7-22-14-17-16-13(9-1-2-9)18(14)11-3-4-11/h9-11H,1-8H2,(H,15,19)/t10-/m1/s1. The molecule has 1 aliphatic heterocycles. The average Bonchev–Trinajstić information content (AvgIpc) is 3.41. The number of sulfone groups is 1. The molecule has 2 aliphatic carbocycles. The van der Waals surface area contributed by atoms with E-state index in [4.69, 9.17) is 0 Å². The Morgan fingerprint density at radius 2 is 2.00 bits per heavy atom. The molecule has 0 unspecified atom stereocenters. The molecule has 2 heterocycles. The summed E-state index contributed by atoms with van der Waals surface area (Å²) in [5.41, 5.74) is 0. The van der Waals surface area contributed by atoms with Crippen LogP contribution in [0.5, 0.6) is 0 Å². The van der Waals surface area contributed by atoms with Crippen LogP contribution in [0.3, 0.4) is 0 Å². The number of carbonyl (C=O) groups excluding carboxylic acids is 1. The van der Waals surface area contributed by atoms with Crippen LogP contribution >= 0.6 is 11.8 Å². The Bertz CT molecular complexity index is 722. The summed E-state index contributed by atoms with van der Waals surface area (Å²) in [6.07, 6.45) is 5.22. The smallest absolute Gasteiger partial charge is 0.230 e. The number of carbonyl (C=O) groups is 1. The Balaban J connectivity index is 1.35. The van der Waals surface area contributed by atoms with Crippen molar-refractivity contribution in [3.05, 3.63) is 5.82 Å². The molecule has 1 N–H and O–H groups in total. The van der Waals surface area contributed by atoms with Crippen molar-refractivity contribution < 1.29 is 13.2 Å². The van der Waals surface area contributed by atoms with Gasteiger partial charge in [-0.3, -0.25) is 4.79 Å². The van der Waals surface area contributed by atoms with Crippen LogP contribution in [0.15, 0.2) is 5.16 Å². The van der Waals surface area contributed by atoms with Crippen LogP contribution in [0.4, 0.5) is 0 Å². The van der Waals surface area contributed by atoms with E-state index in [-0.39, 0.29) is 29.2 Å². The lowest BCUT2D eigenvalue weighted by Crippen LogP contribution is -2.36. The number of amides is 1. The van der Waals surface area contributed by atoms with Gasteiger partial charge in [0, 0.05) is 18.0 Å². The van der Waals surface area contributed by atoms with Crippen molar-refractivity contribution >= 4 is 27.5 Å². The number of aromatic nitrogens is 3. The van der Waals surface area contributed by atoms with Crippen molar-refractivity contribution in [2.24, 2.45) is 0 Å². The van der Waals surface area contributed by atoms with Crippen LogP contribution < -0.4 is 5.32 Å². The lowest BCUT2D eigenvalue weighted by atomic mass is 10.3. The van der Waals surface area contributed by atoms with Crippen molar-refractivity contribution in [2.75, 3.05) is 17.3 Å².